The zero-order chi connectivity index (χ0) is 14.5. The van der Waals surface area contributed by atoms with Gasteiger partial charge in [-0.3, -0.25) is 0 Å². The molecular weight excluding hydrogens is 267 g/mol. The Morgan fingerprint density at radius 3 is 2.74 bits per heavy atom. The van der Waals surface area contributed by atoms with Gasteiger partial charge in [0, 0.05) is 0 Å². The quantitative estimate of drug-likeness (QED) is 0.836. The topological polar surface area (TPSA) is 70.0 Å². The summed E-state index contributed by atoms with van der Waals surface area (Å²) in [7, 11) is -3.85. The van der Waals surface area contributed by atoms with Crippen LogP contribution in [0.3, 0.4) is 0 Å². The predicted molar refractivity (Wildman–Crippen MR) is 69.0 cm³/mol. The van der Waals surface area contributed by atoms with Crippen molar-refractivity contribution in [3.63, 3.8) is 0 Å². The summed E-state index contributed by atoms with van der Waals surface area (Å²) < 4.78 is 39.5. The molecule has 1 atom stereocenters. The first-order valence-corrected chi connectivity index (χ1v) is 7.11. The second kappa shape index (κ2) is 6.33. The molecule has 1 unspecified atom stereocenters. The summed E-state index contributed by atoms with van der Waals surface area (Å²) in [4.78, 5) is -0.179. The first-order valence-electron chi connectivity index (χ1n) is 5.62. The van der Waals surface area contributed by atoms with Gasteiger partial charge >= 0.3 is 0 Å². The van der Waals surface area contributed by atoms with E-state index in [1.807, 2.05) is 6.92 Å². The highest BCUT2D eigenvalue weighted by molar-refractivity contribution is 7.89. The largest absolute Gasteiger partial charge is 0.241 e. The fourth-order valence-corrected chi connectivity index (χ4v) is 2.69. The lowest BCUT2D eigenvalue weighted by atomic mass is 10.2. The monoisotopic (exact) mass is 280 g/mol. The second-order valence-electron chi connectivity index (χ2n) is 3.88. The number of terminal acetylenes is 1. The molecule has 1 aromatic carbocycles. The minimum atomic E-state index is -3.85. The Morgan fingerprint density at radius 2 is 2.21 bits per heavy atom. The van der Waals surface area contributed by atoms with Crippen molar-refractivity contribution in [1.29, 1.82) is 5.26 Å². The molecule has 0 amide bonds. The van der Waals surface area contributed by atoms with Crippen LogP contribution in [0, 0.1) is 29.5 Å². The molecule has 6 heteroatoms. The molecule has 0 aliphatic rings. The normalized spacial score (nSPS) is 12.4. The van der Waals surface area contributed by atoms with Crippen LogP contribution in [0.4, 0.5) is 4.39 Å². The summed E-state index contributed by atoms with van der Waals surface area (Å²) in [5.74, 6) is 1.58. The maximum absolute atomic E-state index is 13.1. The van der Waals surface area contributed by atoms with E-state index >= 15 is 0 Å². The van der Waals surface area contributed by atoms with Crippen molar-refractivity contribution in [2.75, 3.05) is 0 Å². The molecule has 0 aromatic heterocycles. The van der Waals surface area contributed by atoms with Gasteiger partial charge in [-0.05, 0) is 24.6 Å². The lowest BCUT2D eigenvalue weighted by Crippen LogP contribution is -2.33. The Labute approximate surface area is 112 Å². The number of hydrogen-bond acceptors (Lipinski definition) is 3. The Kier molecular flexibility index (Phi) is 5.05. The predicted octanol–water partition coefficient (Wildman–Crippen LogP) is 1.78. The molecule has 4 nitrogen and oxygen atoms in total. The van der Waals surface area contributed by atoms with E-state index in [4.69, 9.17) is 11.7 Å². The number of nitrogens with one attached hydrogen (secondary N) is 1. The van der Waals surface area contributed by atoms with Crippen LogP contribution < -0.4 is 4.72 Å². The van der Waals surface area contributed by atoms with E-state index in [1.54, 1.807) is 6.07 Å². The molecule has 0 saturated carbocycles. The number of hydrogen-bond donors (Lipinski definition) is 1. The van der Waals surface area contributed by atoms with Crippen molar-refractivity contribution in [3.8, 4) is 18.4 Å². The standard InChI is InChI=1S/C13H13FN2O2S/c1-3-5-11(4-2)16-19(17,18)12-6-7-13(14)10(8-12)9-15/h2,6-8,11,16H,3,5H2,1H3. The Balaban J connectivity index is 3.08. The van der Waals surface area contributed by atoms with Crippen LogP contribution in [0.5, 0.6) is 0 Å². The SMILES string of the molecule is C#CC(CCC)NS(=O)(=O)c1ccc(F)c(C#N)c1. The summed E-state index contributed by atoms with van der Waals surface area (Å²) in [6.45, 7) is 1.88. The third kappa shape index (κ3) is 3.78. The maximum Gasteiger partial charge on any atom is 0.241 e. The van der Waals surface area contributed by atoms with Crippen LogP contribution in [-0.4, -0.2) is 14.5 Å². The molecule has 19 heavy (non-hydrogen) atoms. The number of rotatable bonds is 5. The highest BCUT2D eigenvalue weighted by Gasteiger charge is 2.19. The van der Waals surface area contributed by atoms with E-state index in [2.05, 4.69) is 10.6 Å². The lowest BCUT2D eigenvalue weighted by molar-refractivity contribution is 0.563. The summed E-state index contributed by atoms with van der Waals surface area (Å²) in [6, 6.07) is 3.99. The van der Waals surface area contributed by atoms with Gasteiger partial charge in [-0.25, -0.2) is 12.8 Å². The average Bonchev–Trinajstić information content (AvgIpc) is 2.38. The minimum Gasteiger partial charge on any atom is -0.207 e. The lowest BCUT2D eigenvalue weighted by Gasteiger charge is -2.12. The van der Waals surface area contributed by atoms with E-state index < -0.39 is 21.9 Å². The van der Waals surface area contributed by atoms with Crippen LogP contribution in [0.1, 0.15) is 25.3 Å². The number of sulfonamides is 1. The van der Waals surface area contributed by atoms with Gasteiger partial charge in [0.15, 0.2) is 0 Å². The smallest absolute Gasteiger partial charge is 0.207 e. The van der Waals surface area contributed by atoms with Gasteiger partial charge in [-0.1, -0.05) is 19.3 Å². The van der Waals surface area contributed by atoms with Gasteiger partial charge in [0.25, 0.3) is 0 Å². The van der Waals surface area contributed by atoms with Gasteiger partial charge in [0.2, 0.25) is 10.0 Å². The minimum absolute atomic E-state index is 0.179. The van der Waals surface area contributed by atoms with Crippen molar-refractivity contribution in [2.45, 2.75) is 30.7 Å². The summed E-state index contributed by atoms with van der Waals surface area (Å²) >= 11 is 0. The molecule has 100 valence electrons. The van der Waals surface area contributed by atoms with Gasteiger partial charge < -0.3 is 0 Å². The molecule has 1 aromatic rings. The van der Waals surface area contributed by atoms with Gasteiger partial charge in [-0.2, -0.15) is 9.98 Å². The summed E-state index contributed by atoms with van der Waals surface area (Å²) in [5, 5.41) is 8.68. The van der Waals surface area contributed by atoms with Crippen molar-refractivity contribution in [3.05, 3.63) is 29.6 Å². The van der Waals surface area contributed by atoms with Crippen molar-refractivity contribution in [2.24, 2.45) is 0 Å². The van der Waals surface area contributed by atoms with Crippen LogP contribution in [0.15, 0.2) is 23.1 Å². The van der Waals surface area contributed by atoms with E-state index in [-0.39, 0.29) is 10.5 Å². The van der Waals surface area contributed by atoms with Crippen molar-refractivity contribution >= 4 is 10.0 Å². The molecule has 0 heterocycles. The van der Waals surface area contributed by atoms with E-state index in [0.29, 0.717) is 6.42 Å². The first kappa shape index (κ1) is 15.2. The summed E-state index contributed by atoms with van der Waals surface area (Å²) in [5.41, 5.74) is -0.323. The van der Waals surface area contributed by atoms with Crippen LogP contribution in [0.25, 0.3) is 0 Å². The zero-order valence-corrected chi connectivity index (χ0v) is 11.2. The van der Waals surface area contributed by atoms with Gasteiger partial charge in [0.1, 0.15) is 11.9 Å². The Bertz CT molecular complexity index is 642. The second-order valence-corrected chi connectivity index (χ2v) is 5.60. The van der Waals surface area contributed by atoms with Crippen LogP contribution in [0.2, 0.25) is 0 Å². The first-order chi connectivity index (χ1) is 8.94. The third-order valence-electron chi connectivity index (χ3n) is 2.44. The third-order valence-corrected chi connectivity index (χ3v) is 3.91. The molecule has 1 rings (SSSR count). The molecule has 0 saturated heterocycles. The number of benzene rings is 1. The van der Waals surface area contributed by atoms with Crippen LogP contribution in [-0.2, 0) is 10.0 Å². The Hall–Kier alpha value is -1.89. The van der Waals surface area contributed by atoms with Crippen molar-refractivity contribution < 1.29 is 12.8 Å². The number of nitriles is 1. The number of nitrogens with zero attached hydrogens (tertiary/aromatic N) is 1. The highest BCUT2D eigenvalue weighted by atomic mass is 32.2. The molecule has 0 aliphatic carbocycles. The van der Waals surface area contributed by atoms with E-state index in [1.165, 1.54) is 0 Å². The fourth-order valence-electron chi connectivity index (χ4n) is 1.48. The van der Waals surface area contributed by atoms with E-state index in [0.717, 1.165) is 24.6 Å². The number of halogens is 1. The molecule has 0 bridgehead atoms. The molecule has 0 aliphatic heterocycles. The maximum atomic E-state index is 13.1. The average molecular weight is 280 g/mol. The molecule has 0 fully saturated rings. The zero-order valence-electron chi connectivity index (χ0n) is 10.4. The van der Waals surface area contributed by atoms with E-state index in [9.17, 15) is 12.8 Å². The molecule has 1 N–H and O–H groups in total. The summed E-state index contributed by atoms with van der Waals surface area (Å²) in [6.07, 6.45) is 6.46. The van der Waals surface area contributed by atoms with Crippen LogP contribution >= 0.6 is 0 Å². The molecule has 0 spiro atoms. The highest BCUT2D eigenvalue weighted by Crippen LogP contribution is 2.15. The molecular formula is C13H13FN2O2S. The Morgan fingerprint density at radius 1 is 1.53 bits per heavy atom. The van der Waals surface area contributed by atoms with Gasteiger partial charge in [0.05, 0.1) is 16.5 Å². The molecule has 0 radical (unpaired) electrons. The fraction of sp³-hybridized carbons (Fsp3) is 0.308. The van der Waals surface area contributed by atoms with Crippen molar-refractivity contribution in [1.82, 2.24) is 4.72 Å². The van der Waals surface area contributed by atoms with Gasteiger partial charge in [-0.15, -0.1) is 6.42 Å².